The van der Waals surface area contributed by atoms with Crippen LogP contribution in [-0.4, -0.2) is 40.6 Å². The molecule has 0 saturated heterocycles. The molecule has 0 aromatic carbocycles. The van der Waals surface area contributed by atoms with Gasteiger partial charge in [-0.3, -0.25) is 4.68 Å². The van der Waals surface area contributed by atoms with Gasteiger partial charge in [-0.2, -0.15) is 5.10 Å². The van der Waals surface area contributed by atoms with Gasteiger partial charge in [0, 0.05) is 31.7 Å². The van der Waals surface area contributed by atoms with E-state index in [0.717, 1.165) is 25.2 Å². The van der Waals surface area contributed by atoms with E-state index in [-0.39, 0.29) is 6.61 Å². The molecule has 1 aromatic heterocycles. The van der Waals surface area contributed by atoms with E-state index in [1.807, 2.05) is 11.7 Å². The Hall–Kier alpha value is -1.07. The van der Waals surface area contributed by atoms with Crippen LogP contribution in [0.15, 0.2) is 0 Å². The first-order valence-electron chi connectivity index (χ1n) is 8.29. The summed E-state index contributed by atoms with van der Waals surface area (Å²) in [7, 11) is 2.02. The Morgan fingerprint density at radius 3 is 2.71 bits per heavy atom. The second kappa shape index (κ2) is 7.80. The van der Waals surface area contributed by atoms with E-state index in [9.17, 15) is 5.11 Å². The smallest absolute Gasteiger partial charge is 0.131 e. The summed E-state index contributed by atoms with van der Waals surface area (Å²) in [5.41, 5.74) is 2.38. The summed E-state index contributed by atoms with van der Waals surface area (Å²) in [6.45, 7) is 7.04. The molecule has 1 fully saturated rings. The molecule has 1 aliphatic carbocycles. The maximum absolute atomic E-state index is 9.47. The van der Waals surface area contributed by atoms with Crippen molar-refractivity contribution in [3.05, 3.63) is 11.3 Å². The summed E-state index contributed by atoms with van der Waals surface area (Å²) < 4.78 is 1.99. The quantitative estimate of drug-likeness (QED) is 0.720. The van der Waals surface area contributed by atoms with Gasteiger partial charge in [-0.05, 0) is 32.7 Å². The molecule has 5 nitrogen and oxygen atoms in total. The minimum absolute atomic E-state index is 0.197. The Kier molecular flexibility index (Phi) is 6.06. The number of aliphatic hydroxyl groups excluding tert-OH is 1. The average molecular weight is 294 g/mol. The molecule has 1 aromatic rings. The van der Waals surface area contributed by atoms with E-state index in [0.29, 0.717) is 12.6 Å². The summed E-state index contributed by atoms with van der Waals surface area (Å²) in [5, 5.41) is 17.6. The third kappa shape index (κ3) is 3.77. The number of hydrogen-bond acceptors (Lipinski definition) is 4. The Balaban J connectivity index is 2.25. The van der Waals surface area contributed by atoms with Crippen molar-refractivity contribution in [1.82, 2.24) is 15.1 Å². The van der Waals surface area contributed by atoms with Crippen LogP contribution in [-0.2, 0) is 13.6 Å². The zero-order chi connectivity index (χ0) is 15.2. The van der Waals surface area contributed by atoms with Crippen molar-refractivity contribution in [2.24, 2.45) is 7.05 Å². The van der Waals surface area contributed by atoms with Crippen molar-refractivity contribution in [2.75, 3.05) is 24.6 Å². The van der Waals surface area contributed by atoms with Gasteiger partial charge in [0.15, 0.2) is 0 Å². The van der Waals surface area contributed by atoms with E-state index in [4.69, 9.17) is 0 Å². The van der Waals surface area contributed by atoms with Gasteiger partial charge in [-0.15, -0.1) is 0 Å². The van der Waals surface area contributed by atoms with Gasteiger partial charge >= 0.3 is 0 Å². The minimum Gasteiger partial charge on any atom is -0.395 e. The third-order valence-electron chi connectivity index (χ3n) is 4.42. The van der Waals surface area contributed by atoms with Crippen LogP contribution in [0.25, 0.3) is 0 Å². The zero-order valence-electron chi connectivity index (χ0n) is 13.7. The second-order valence-corrected chi connectivity index (χ2v) is 6.04. The van der Waals surface area contributed by atoms with Crippen LogP contribution in [0.5, 0.6) is 0 Å². The summed E-state index contributed by atoms with van der Waals surface area (Å²) >= 11 is 0. The van der Waals surface area contributed by atoms with Crippen molar-refractivity contribution >= 4 is 5.82 Å². The average Bonchev–Trinajstić information content (AvgIpc) is 3.06. The molecule has 1 aliphatic rings. The second-order valence-electron chi connectivity index (χ2n) is 6.04. The molecule has 0 atom stereocenters. The third-order valence-corrected chi connectivity index (χ3v) is 4.42. The topological polar surface area (TPSA) is 53.3 Å². The Morgan fingerprint density at radius 1 is 1.38 bits per heavy atom. The van der Waals surface area contributed by atoms with E-state index in [2.05, 4.69) is 29.2 Å². The van der Waals surface area contributed by atoms with Crippen molar-refractivity contribution in [1.29, 1.82) is 0 Å². The number of aliphatic hydroxyl groups is 1. The molecular weight excluding hydrogens is 264 g/mol. The van der Waals surface area contributed by atoms with Crippen LogP contribution in [0.3, 0.4) is 0 Å². The monoisotopic (exact) mass is 294 g/mol. The molecule has 0 aliphatic heterocycles. The molecule has 21 heavy (non-hydrogen) atoms. The maximum atomic E-state index is 9.47. The highest BCUT2D eigenvalue weighted by molar-refractivity contribution is 5.51. The highest BCUT2D eigenvalue weighted by Gasteiger charge is 2.27. The van der Waals surface area contributed by atoms with Gasteiger partial charge in [-0.25, -0.2) is 0 Å². The summed E-state index contributed by atoms with van der Waals surface area (Å²) in [6.07, 6.45) is 6.19. The Labute approximate surface area is 128 Å². The van der Waals surface area contributed by atoms with Gasteiger partial charge < -0.3 is 15.3 Å². The van der Waals surface area contributed by atoms with Crippen LogP contribution in [0, 0.1) is 6.92 Å². The van der Waals surface area contributed by atoms with Crippen LogP contribution in [0.2, 0.25) is 0 Å². The molecule has 1 saturated carbocycles. The zero-order valence-corrected chi connectivity index (χ0v) is 13.7. The lowest BCUT2D eigenvalue weighted by Gasteiger charge is -2.31. The van der Waals surface area contributed by atoms with Crippen molar-refractivity contribution in [3.8, 4) is 0 Å². The molecule has 2 rings (SSSR count). The highest BCUT2D eigenvalue weighted by Crippen LogP contribution is 2.31. The standard InChI is InChI=1S/C16H30N4O/c1-4-9-17-12-15-13(2)18-19(3)16(15)20(10-11-21)14-7-5-6-8-14/h14,17,21H,4-12H2,1-3H3. The van der Waals surface area contributed by atoms with Gasteiger partial charge in [0.2, 0.25) is 0 Å². The first kappa shape index (κ1) is 16.3. The lowest BCUT2D eigenvalue weighted by Crippen LogP contribution is -2.38. The van der Waals surface area contributed by atoms with Crippen LogP contribution in [0.4, 0.5) is 5.82 Å². The first-order valence-corrected chi connectivity index (χ1v) is 8.29. The van der Waals surface area contributed by atoms with Crippen LogP contribution in [0.1, 0.15) is 50.3 Å². The molecule has 5 heteroatoms. The SMILES string of the molecule is CCCNCc1c(C)nn(C)c1N(CCO)C1CCCC1. The Morgan fingerprint density at radius 2 is 2.10 bits per heavy atom. The summed E-state index contributed by atoms with van der Waals surface area (Å²) in [4.78, 5) is 2.38. The van der Waals surface area contributed by atoms with E-state index in [1.165, 1.54) is 37.1 Å². The lowest BCUT2D eigenvalue weighted by atomic mass is 10.1. The number of nitrogens with zero attached hydrogens (tertiary/aromatic N) is 3. The van der Waals surface area contributed by atoms with Crippen molar-refractivity contribution < 1.29 is 5.11 Å². The highest BCUT2D eigenvalue weighted by atomic mass is 16.3. The molecule has 0 spiro atoms. The molecule has 0 bridgehead atoms. The van der Waals surface area contributed by atoms with E-state index >= 15 is 0 Å². The van der Waals surface area contributed by atoms with E-state index in [1.54, 1.807) is 0 Å². The molecule has 0 unspecified atom stereocenters. The van der Waals surface area contributed by atoms with Gasteiger partial charge in [0.05, 0.1) is 12.3 Å². The van der Waals surface area contributed by atoms with Crippen LogP contribution >= 0.6 is 0 Å². The normalized spacial score (nSPS) is 15.8. The molecular formula is C16H30N4O. The molecule has 0 amide bonds. The fourth-order valence-electron chi connectivity index (χ4n) is 3.43. The minimum atomic E-state index is 0.197. The predicted octanol–water partition coefficient (Wildman–Crippen LogP) is 1.97. The fourth-order valence-corrected chi connectivity index (χ4v) is 3.43. The molecule has 1 heterocycles. The van der Waals surface area contributed by atoms with Crippen LogP contribution < -0.4 is 10.2 Å². The maximum Gasteiger partial charge on any atom is 0.131 e. The van der Waals surface area contributed by atoms with Gasteiger partial charge in [0.1, 0.15) is 5.82 Å². The molecule has 0 radical (unpaired) electrons. The van der Waals surface area contributed by atoms with Crippen molar-refractivity contribution in [2.45, 2.75) is 58.5 Å². The number of nitrogens with one attached hydrogen (secondary N) is 1. The Bertz CT molecular complexity index is 438. The fraction of sp³-hybridized carbons (Fsp3) is 0.812. The largest absolute Gasteiger partial charge is 0.395 e. The summed E-state index contributed by atoms with van der Waals surface area (Å²) in [6, 6.07) is 0.553. The lowest BCUT2D eigenvalue weighted by molar-refractivity contribution is 0.296. The van der Waals surface area contributed by atoms with E-state index < -0.39 is 0 Å². The van der Waals surface area contributed by atoms with Gasteiger partial charge in [0.25, 0.3) is 0 Å². The molecule has 2 N–H and O–H groups in total. The number of aromatic nitrogens is 2. The first-order chi connectivity index (χ1) is 10.2. The number of rotatable bonds is 8. The predicted molar refractivity (Wildman–Crippen MR) is 86.6 cm³/mol. The summed E-state index contributed by atoms with van der Waals surface area (Å²) in [5.74, 6) is 1.19. The number of aryl methyl sites for hydroxylation is 2. The van der Waals surface area contributed by atoms with Gasteiger partial charge in [-0.1, -0.05) is 19.8 Å². The number of anilines is 1. The molecule has 120 valence electrons. The van der Waals surface area contributed by atoms with Crippen molar-refractivity contribution in [3.63, 3.8) is 0 Å². The number of hydrogen-bond donors (Lipinski definition) is 2.